The van der Waals surface area contributed by atoms with Crippen LogP contribution >= 0.6 is 0 Å². The normalized spacial score (nSPS) is 11.5. The number of fused-ring (bicyclic) bond motifs is 3. The summed E-state index contributed by atoms with van der Waals surface area (Å²) < 4.78 is 48.5. The highest BCUT2D eigenvalue weighted by molar-refractivity contribution is 6.11. The van der Waals surface area contributed by atoms with Gasteiger partial charge in [-0.25, -0.2) is 19.9 Å². The summed E-state index contributed by atoms with van der Waals surface area (Å²) in [6.45, 7) is 0. The summed E-state index contributed by atoms with van der Waals surface area (Å²) in [5.74, 6) is 0.412. The maximum Gasteiger partial charge on any atom is 0.416 e. The first-order valence-electron chi connectivity index (χ1n) is 19.5. The molecule has 0 bridgehead atoms. The zero-order valence-corrected chi connectivity index (χ0v) is 32.2. The fourth-order valence-electron chi connectivity index (χ4n) is 7.83. The van der Waals surface area contributed by atoms with Crippen LogP contribution < -0.4 is 0 Å². The number of rotatable bonds is 7. The van der Waals surface area contributed by atoms with Gasteiger partial charge in [0.2, 0.25) is 0 Å². The van der Waals surface area contributed by atoms with Crippen LogP contribution in [0.25, 0.3) is 95.3 Å². The smallest absolute Gasteiger partial charge is 0.308 e. The van der Waals surface area contributed by atoms with Crippen molar-refractivity contribution in [1.29, 1.82) is 5.26 Å². The van der Waals surface area contributed by atoms with Gasteiger partial charge in [0.25, 0.3) is 0 Å². The first kappa shape index (κ1) is 37.1. The van der Waals surface area contributed by atoms with E-state index in [1.165, 1.54) is 0 Å². The van der Waals surface area contributed by atoms with Crippen LogP contribution in [0.5, 0.6) is 0 Å². The average Bonchev–Trinajstić information content (AvgIpc) is 3.64. The van der Waals surface area contributed by atoms with Gasteiger partial charge in [0.05, 0.1) is 56.7 Å². The summed E-state index contributed by atoms with van der Waals surface area (Å²) in [6, 6.07) is 59.0. The van der Waals surface area contributed by atoms with Crippen molar-refractivity contribution in [3.8, 4) is 79.6 Å². The Balaban J connectivity index is 1.39. The first-order valence-corrected chi connectivity index (χ1v) is 19.5. The molecule has 0 aliphatic heterocycles. The van der Waals surface area contributed by atoms with Crippen molar-refractivity contribution in [3.63, 3.8) is 0 Å². The molecule has 0 amide bonds. The fourth-order valence-corrected chi connectivity index (χ4v) is 7.83. The zero-order valence-electron chi connectivity index (χ0n) is 32.2. The fraction of sp³-hybridized carbons (Fsp3) is 0.0192. The minimum Gasteiger partial charge on any atom is -0.308 e. The molecule has 0 aliphatic rings. The lowest BCUT2D eigenvalue weighted by Crippen LogP contribution is -2.11. The summed E-state index contributed by atoms with van der Waals surface area (Å²) in [6.07, 6.45) is -4.78. The minimum atomic E-state index is -4.78. The molecule has 6 nitrogen and oxygen atoms in total. The van der Waals surface area contributed by atoms with Crippen LogP contribution in [0, 0.1) is 11.3 Å². The van der Waals surface area contributed by atoms with E-state index in [2.05, 4.69) is 6.07 Å². The second kappa shape index (κ2) is 15.2. The molecule has 0 spiro atoms. The van der Waals surface area contributed by atoms with Crippen LogP contribution in [-0.4, -0.2) is 24.5 Å². The van der Waals surface area contributed by atoms with Crippen LogP contribution in [0.2, 0.25) is 0 Å². The van der Waals surface area contributed by atoms with Crippen LogP contribution in [-0.2, 0) is 6.18 Å². The number of halogens is 3. The van der Waals surface area contributed by atoms with Gasteiger partial charge in [-0.3, -0.25) is 0 Å². The van der Waals surface area contributed by atoms with Crippen molar-refractivity contribution in [2.24, 2.45) is 0 Å². The Hall–Kier alpha value is -8.22. The van der Waals surface area contributed by atoms with E-state index in [0.717, 1.165) is 39.6 Å². The molecular weight excluding hydrogens is 766 g/mol. The Kier molecular flexibility index (Phi) is 9.23. The molecule has 0 saturated carbocycles. The second-order valence-corrected chi connectivity index (χ2v) is 14.5. The highest BCUT2D eigenvalue weighted by atomic mass is 19.4. The Bertz CT molecular complexity index is 3020. The molecule has 290 valence electrons. The second-order valence-electron chi connectivity index (χ2n) is 14.5. The van der Waals surface area contributed by atoms with Crippen molar-refractivity contribution in [2.75, 3.05) is 0 Å². The third-order valence-corrected chi connectivity index (χ3v) is 10.7. The molecule has 9 heteroatoms. The van der Waals surface area contributed by atoms with Crippen LogP contribution in [0.1, 0.15) is 11.1 Å². The molecule has 61 heavy (non-hydrogen) atoms. The molecule has 0 radical (unpaired) electrons. The summed E-state index contributed by atoms with van der Waals surface area (Å²) in [5, 5.41) is 11.8. The van der Waals surface area contributed by atoms with Gasteiger partial charge in [0, 0.05) is 44.2 Å². The van der Waals surface area contributed by atoms with Gasteiger partial charge in [0.15, 0.2) is 11.6 Å². The van der Waals surface area contributed by atoms with Crippen molar-refractivity contribution in [1.82, 2.24) is 24.5 Å². The molecule has 0 aliphatic carbocycles. The van der Waals surface area contributed by atoms with Crippen molar-refractivity contribution < 1.29 is 13.2 Å². The topological polar surface area (TPSA) is 80.3 Å². The SMILES string of the molecule is N#Cc1ccc2c3ccccc3n(-c3c(-c4cc(-c5ccccc5)nc(-c5ccccc5)n4)cc(C(F)(F)F)cc3-c3nc(-c4ccccc4)cc(-c4ccccc4)n3)c2c1. The lowest BCUT2D eigenvalue weighted by molar-refractivity contribution is -0.137. The van der Waals surface area contributed by atoms with E-state index in [1.807, 2.05) is 162 Å². The number of alkyl halides is 3. The molecule has 10 aromatic rings. The summed E-state index contributed by atoms with van der Waals surface area (Å²) >= 11 is 0. The van der Waals surface area contributed by atoms with Gasteiger partial charge in [0.1, 0.15) is 0 Å². The zero-order chi connectivity index (χ0) is 41.5. The molecule has 0 fully saturated rings. The van der Waals surface area contributed by atoms with Gasteiger partial charge >= 0.3 is 6.18 Å². The predicted octanol–water partition coefficient (Wildman–Crippen LogP) is 13.3. The van der Waals surface area contributed by atoms with Gasteiger partial charge in [-0.05, 0) is 42.5 Å². The maximum atomic E-state index is 15.5. The summed E-state index contributed by atoms with van der Waals surface area (Å²) in [7, 11) is 0. The Morgan fingerprint density at radius 3 is 1.44 bits per heavy atom. The number of nitriles is 1. The third kappa shape index (κ3) is 6.96. The number of aromatic nitrogens is 5. The molecule has 10 rings (SSSR count). The number of benzene rings is 7. The summed E-state index contributed by atoms with van der Waals surface area (Å²) in [5.41, 5.74) is 6.27. The lowest BCUT2D eigenvalue weighted by Gasteiger charge is -2.22. The monoisotopic (exact) mass is 796 g/mol. The van der Waals surface area contributed by atoms with E-state index in [-0.39, 0.29) is 22.6 Å². The van der Waals surface area contributed by atoms with E-state index >= 15 is 13.2 Å². The van der Waals surface area contributed by atoms with Gasteiger partial charge in [-0.2, -0.15) is 18.4 Å². The molecule has 0 atom stereocenters. The standard InChI is InChI=1S/C52H31F3N6/c53-52(54,55)38-28-41(46-31-45(36-19-9-3-10-20-36)57-50(60-46)37-21-11-4-12-22-37)49(61-47-24-14-13-23-39(47)40-26-25-33(32-56)27-48(40)61)42(29-38)51-58-43(34-15-5-1-6-16-34)30-44(59-51)35-17-7-2-8-18-35/h1-31H. The Labute approximate surface area is 348 Å². The molecule has 3 heterocycles. The van der Waals surface area contributed by atoms with Gasteiger partial charge in [-0.1, -0.05) is 146 Å². The molecule has 7 aromatic carbocycles. The highest BCUT2D eigenvalue weighted by Crippen LogP contribution is 2.45. The Morgan fingerprint density at radius 1 is 0.426 bits per heavy atom. The van der Waals surface area contributed by atoms with Crippen LogP contribution in [0.3, 0.4) is 0 Å². The highest BCUT2D eigenvalue weighted by Gasteiger charge is 2.35. The van der Waals surface area contributed by atoms with Crippen LogP contribution in [0.15, 0.2) is 188 Å². The minimum absolute atomic E-state index is 0.0746. The average molecular weight is 797 g/mol. The number of hydrogen-bond acceptors (Lipinski definition) is 5. The van der Waals surface area contributed by atoms with E-state index in [0.29, 0.717) is 50.8 Å². The quantitative estimate of drug-likeness (QED) is 0.160. The maximum absolute atomic E-state index is 15.5. The van der Waals surface area contributed by atoms with E-state index < -0.39 is 11.7 Å². The largest absolute Gasteiger partial charge is 0.416 e. The molecule has 0 N–H and O–H groups in total. The number of nitrogens with zero attached hydrogens (tertiary/aromatic N) is 6. The lowest BCUT2D eigenvalue weighted by atomic mass is 9.96. The first-order chi connectivity index (χ1) is 29.8. The summed E-state index contributed by atoms with van der Waals surface area (Å²) in [4.78, 5) is 20.2. The molecular formula is C52H31F3N6. The van der Waals surface area contributed by atoms with Crippen LogP contribution in [0.4, 0.5) is 13.2 Å². The van der Waals surface area contributed by atoms with E-state index in [1.54, 1.807) is 18.2 Å². The molecule has 3 aromatic heterocycles. The van der Waals surface area contributed by atoms with Gasteiger partial charge < -0.3 is 4.57 Å². The van der Waals surface area contributed by atoms with Gasteiger partial charge in [-0.15, -0.1) is 0 Å². The Morgan fingerprint density at radius 2 is 0.885 bits per heavy atom. The number of hydrogen-bond donors (Lipinski definition) is 0. The van der Waals surface area contributed by atoms with Crippen molar-refractivity contribution in [2.45, 2.75) is 6.18 Å². The predicted molar refractivity (Wildman–Crippen MR) is 234 cm³/mol. The van der Waals surface area contributed by atoms with Crippen molar-refractivity contribution in [3.05, 3.63) is 199 Å². The molecule has 0 saturated heterocycles. The van der Waals surface area contributed by atoms with E-state index in [4.69, 9.17) is 19.9 Å². The van der Waals surface area contributed by atoms with Crippen molar-refractivity contribution >= 4 is 21.8 Å². The molecule has 0 unspecified atom stereocenters. The van der Waals surface area contributed by atoms with E-state index in [9.17, 15) is 5.26 Å². The third-order valence-electron chi connectivity index (χ3n) is 10.7. The number of para-hydroxylation sites is 1.